The summed E-state index contributed by atoms with van der Waals surface area (Å²) in [6.07, 6.45) is 2.90. The summed E-state index contributed by atoms with van der Waals surface area (Å²) < 4.78 is 0. The molecule has 0 bridgehead atoms. The van der Waals surface area contributed by atoms with Crippen LogP contribution < -0.4 is 10.2 Å². The number of hydrogen-bond acceptors (Lipinski definition) is 4. The van der Waals surface area contributed by atoms with Gasteiger partial charge in [0.1, 0.15) is 12.0 Å². The van der Waals surface area contributed by atoms with Crippen molar-refractivity contribution in [1.29, 1.82) is 0 Å². The Hall–Kier alpha value is -2.43. The van der Waals surface area contributed by atoms with E-state index in [9.17, 15) is 4.79 Å². The second-order valence-corrected chi connectivity index (χ2v) is 4.44. The first kappa shape index (κ1) is 13.0. The van der Waals surface area contributed by atoms with Gasteiger partial charge in [-0.1, -0.05) is 0 Å². The van der Waals surface area contributed by atoms with Crippen molar-refractivity contribution >= 4 is 17.3 Å². The summed E-state index contributed by atoms with van der Waals surface area (Å²) in [5, 5.41) is 2.82. The first-order chi connectivity index (χ1) is 9.08. The minimum absolute atomic E-state index is 0.237. The van der Waals surface area contributed by atoms with Gasteiger partial charge in [0.15, 0.2) is 0 Å². The van der Waals surface area contributed by atoms with Crippen LogP contribution in [0.1, 0.15) is 16.1 Å². The van der Waals surface area contributed by atoms with Crippen molar-refractivity contribution in [1.82, 2.24) is 9.97 Å². The highest BCUT2D eigenvalue weighted by molar-refractivity contribution is 6.02. The number of nitrogens with zero attached hydrogens (tertiary/aromatic N) is 3. The molecule has 5 heteroatoms. The molecular formula is C14H16N4O. The summed E-state index contributed by atoms with van der Waals surface area (Å²) in [4.78, 5) is 21.7. The van der Waals surface area contributed by atoms with E-state index in [0.717, 1.165) is 16.9 Å². The number of rotatable bonds is 3. The SMILES string of the molecule is Cc1cc(NC(=O)c2ccncn2)ccc1N(C)C. The number of carbonyl (C=O) groups is 1. The molecule has 0 aliphatic rings. The van der Waals surface area contributed by atoms with Gasteiger partial charge in [-0.15, -0.1) is 0 Å². The molecule has 2 aromatic rings. The normalized spacial score (nSPS) is 10.1. The number of hydrogen-bond donors (Lipinski definition) is 1. The number of anilines is 2. The maximum Gasteiger partial charge on any atom is 0.274 e. The zero-order valence-electron chi connectivity index (χ0n) is 11.2. The number of nitrogens with one attached hydrogen (secondary N) is 1. The lowest BCUT2D eigenvalue weighted by molar-refractivity contribution is 0.102. The molecule has 0 saturated heterocycles. The molecule has 1 aromatic heterocycles. The van der Waals surface area contributed by atoms with Crippen molar-refractivity contribution in [3.8, 4) is 0 Å². The number of amides is 1. The van der Waals surface area contributed by atoms with Gasteiger partial charge in [-0.25, -0.2) is 9.97 Å². The van der Waals surface area contributed by atoms with Crippen molar-refractivity contribution in [2.45, 2.75) is 6.92 Å². The van der Waals surface area contributed by atoms with Gasteiger partial charge in [-0.3, -0.25) is 4.79 Å². The molecule has 0 aliphatic heterocycles. The molecule has 2 rings (SSSR count). The lowest BCUT2D eigenvalue weighted by atomic mass is 10.1. The van der Waals surface area contributed by atoms with E-state index in [1.807, 2.05) is 44.1 Å². The van der Waals surface area contributed by atoms with Crippen LogP contribution in [0.5, 0.6) is 0 Å². The predicted octanol–water partition coefficient (Wildman–Crippen LogP) is 2.10. The molecule has 5 nitrogen and oxygen atoms in total. The Morgan fingerprint density at radius 2 is 2.05 bits per heavy atom. The van der Waals surface area contributed by atoms with E-state index in [2.05, 4.69) is 15.3 Å². The largest absolute Gasteiger partial charge is 0.377 e. The van der Waals surface area contributed by atoms with Crippen LogP contribution in [0.3, 0.4) is 0 Å². The number of carbonyl (C=O) groups excluding carboxylic acids is 1. The van der Waals surface area contributed by atoms with Gasteiger partial charge in [0.2, 0.25) is 0 Å². The second kappa shape index (κ2) is 5.48. The van der Waals surface area contributed by atoms with E-state index < -0.39 is 0 Å². The first-order valence-electron chi connectivity index (χ1n) is 5.93. The van der Waals surface area contributed by atoms with Crippen LogP contribution >= 0.6 is 0 Å². The smallest absolute Gasteiger partial charge is 0.274 e. The molecule has 0 fully saturated rings. The lowest BCUT2D eigenvalue weighted by Gasteiger charge is -2.16. The molecule has 0 radical (unpaired) electrons. The van der Waals surface area contributed by atoms with E-state index >= 15 is 0 Å². The molecule has 0 aliphatic carbocycles. The molecular weight excluding hydrogens is 240 g/mol. The van der Waals surface area contributed by atoms with Crippen molar-refractivity contribution < 1.29 is 4.79 Å². The highest BCUT2D eigenvalue weighted by atomic mass is 16.1. The van der Waals surface area contributed by atoms with E-state index in [1.165, 1.54) is 6.33 Å². The Bertz CT molecular complexity index is 581. The minimum atomic E-state index is -0.237. The molecule has 0 spiro atoms. The molecule has 0 saturated carbocycles. The Morgan fingerprint density at radius 1 is 1.26 bits per heavy atom. The van der Waals surface area contributed by atoms with Gasteiger partial charge in [-0.05, 0) is 36.8 Å². The summed E-state index contributed by atoms with van der Waals surface area (Å²) in [7, 11) is 3.98. The third-order valence-electron chi connectivity index (χ3n) is 2.75. The van der Waals surface area contributed by atoms with E-state index in [1.54, 1.807) is 12.3 Å². The van der Waals surface area contributed by atoms with Crippen LogP contribution in [0.25, 0.3) is 0 Å². The quantitative estimate of drug-likeness (QED) is 0.913. The molecule has 1 heterocycles. The van der Waals surface area contributed by atoms with Crippen molar-refractivity contribution in [2.75, 3.05) is 24.3 Å². The molecule has 19 heavy (non-hydrogen) atoms. The summed E-state index contributed by atoms with van der Waals surface area (Å²) in [6.45, 7) is 2.01. The molecule has 98 valence electrons. The van der Waals surface area contributed by atoms with Crippen LogP contribution in [0.4, 0.5) is 11.4 Å². The average molecular weight is 256 g/mol. The predicted molar refractivity (Wildman–Crippen MR) is 75.5 cm³/mol. The summed E-state index contributed by atoms with van der Waals surface area (Å²) in [5.41, 5.74) is 3.33. The topological polar surface area (TPSA) is 58.1 Å². The van der Waals surface area contributed by atoms with Crippen LogP contribution in [-0.2, 0) is 0 Å². The summed E-state index contributed by atoms with van der Waals surface area (Å²) >= 11 is 0. The van der Waals surface area contributed by atoms with Gasteiger partial charge in [0.25, 0.3) is 5.91 Å². The van der Waals surface area contributed by atoms with E-state index in [0.29, 0.717) is 5.69 Å². The first-order valence-corrected chi connectivity index (χ1v) is 5.93. The van der Waals surface area contributed by atoms with Crippen LogP contribution in [-0.4, -0.2) is 30.0 Å². The number of benzene rings is 1. The Labute approximate surface area is 112 Å². The fourth-order valence-electron chi connectivity index (χ4n) is 1.86. The number of aromatic nitrogens is 2. The highest BCUT2D eigenvalue weighted by Crippen LogP contribution is 2.21. The van der Waals surface area contributed by atoms with Crippen LogP contribution in [0, 0.1) is 6.92 Å². The molecule has 1 aromatic carbocycles. The standard InChI is InChI=1S/C14H16N4O/c1-10-8-11(4-5-13(10)18(2)3)17-14(19)12-6-7-15-9-16-12/h4-9H,1-3H3,(H,17,19). The van der Waals surface area contributed by atoms with Gasteiger partial charge >= 0.3 is 0 Å². The second-order valence-electron chi connectivity index (χ2n) is 4.44. The zero-order chi connectivity index (χ0) is 13.8. The van der Waals surface area contributed by atoms with Gasteiger partial charge in [0, 0.05) is 31.7 Å². The maximum atomic E-state index is 11.9. The third kappa shape index (κ3) is 3.07. The summed E-state index contributed by atoms with van der Waals surface area (Å²) in [6, 6.07) is 7.37. The fraction of sp³-hybridized carbons (Fsp3) is 0.214. The summed E-state index contributed by atoms with van der Waals surface area (Å²) in [5.74, 6) is -0.237. The van der Waals surface area contributed by atoms with E-state index in [-0.39, 0.29) is 5.91 Å². The Balaban J connectivity index is 2.16. The molecule has 1 N–H and O–H groups in total. The molecule has 0 atom stereocenters. The van der Waals surface area contributed by atoms with Crippen LogP contribution in [0.15, 0.2) is 36.8 Å². The minimum Gasteiger partial charge on any atom is -0.377 e. The van der Waals surface area contributed by atoms with Crippen molar-refractivity contribution in [3.05, 3.63) is 48.0 Å². The molecule has 1 amide bonds. The molecule has 0 unspecified atom stereocenters. The van der Waals surface area contributed by atoms with Crippen molar-refractivity contribution in [2.24, 2.45) is 0 Å². The van der Waals surface area contributed by atoms with Gasteiger partial charge in [0.05, 0.1) is 0 Å². The average Bonchev–Trinajstić information content (AvgIpc) is 2.39. The Kier molecular flexibility index (Phi) is 3.75. The monoisotopic (exact) mass is 256 g/mol. The lowest BCUT2D eigenvalue weighted by Crippen LogP contribution is -2.14. The third-order valence-corrected chi connectivity index (χ3v) is 2.75. The van der Waals surface area contributed by atoms with Crippen LogP contribution in [0.2, 0.25) is 0 Å². The Morgan fingerprint density at radius 3 is 2.63 bits per heavy atom. The van der Waals surface area contributed by atoms with E-state index in [4.69, 9.17) is 0 Å². The van der Waals surface area contributed by atoms with Gasteiger partial charge in [-0.2, -0.15) is 0 Å². The van der Waals surface area contributed by atoms with Gasteiger partial charge < -0.3 is 10.2 Å². The maximum absolute atomic E-state index is 11.9. The fourth-order valence-corrected chi connectivity index (χ4v) is 1.86. The zero-order valence-corrected chi connectivity index (χ0v) is 11.2. The number of aryl methyl sites for hydroxylation is 1. The highest BCUT2D eigenvalue weighted by Gasteiger charge is 2.08. The van der Waals surface area contributed by atoms with Crippen molar-refractivity contribution in [3.63, 3.8) is 0 Å².